The maximum atomic E-state index is 4.63. The molecule has 1 heteroatoms. The van der Waals surface area contributed by atoms with Gasteiger partial charge in [-0.05, 0) is 0 Å². The van der Waals surface area contributed by atoms with Crippen molar-refractivity contribution in [3.8, 4) is 0 Å². The summed E-state index contributed by atoms with van der Waals surface area (Å²) in [5, 5.41) is 0. The quantitative estimate of drug-likeness (QED) is 0.299. The molecule has 0 bridgehead atoms. The predicted octanol–water partition coefficient (Wildman–Crippen LogP) is 1.97. The average Bonchev–Trinajstić information content (AvgIpc) is 1.61. The van der Waals surface area contributed by atoms with E-state index in [9.17, 15) is 0 Å². The first-order valence-electron chi connectivity index (χ1n) is 1.75. The minimum absolute atomic E-state index is 0. The minimum atomic E-state index is 0. The van der Waals surface area contributed by atoms with Gasteiger partial charge in [-0.2, -0.15) is 0 Å². The van der Waals surface area contributed by atoms with Crippen molar-refractivity contribution in [3.63, 3.8) is 0 Å². The molecule has 0 unspecified atom stereocenters. The third-order valence-electron chi connectivity index (χ3n) is 0.332. The van der Waals surface area contributed by atoms with Crippen LogP contribution in [-0.4, -0.2) is 6.61 Å². The molecule has 0 atom stereocenters. The summed E-state index contributed by atoms with van der Waals surface area (Å²) < 4.78 is 4.63. The molecule has 1 nitrogen and oxygen atoms in total. The molecule has 0 aromatic carbocycles. The second kappa shape index (κ2) is 8.99. The van der Waals surface area contributed by atoms with Crippen molar-refractivity contribution in [1.29, 1.82) is 0 Å². The second-order valence-electron chi connectivity index (χ2n) is 0.789. The highest BCUT2D eigenvalue weighted by Gasteiger charge is 1.61. The minimum Gasteiger partial charge on any atom is -0.498 e. The lowest BCUT2D eigenvalue weighted by Gasteiger charge is -1.86. The summed E-state index contributed by atoms with van der Waals surface area (Å²) in [5.74, 6) is 0. The smallest absolute Gasteiger partial charge is 0.105 e. The highest BCUT2D eigenvalue weighted by atomic mass is 16.5. The molecule has 0 aliphatic heterocycles. The van der Waals surface area contributed by atoms with E-state index in [2.05, 4.69) is 17.9 Å². The van der Waals surface area contributed by atoms with E-state index in [4.69, 9.17) is 0 Å². The number of hydrogen-bond donors (Lipinski definition) is 0. The summed E-state index contributed by atoms with van der Waals surface area (Å²) in [6.45, 7) is 7.31. The van der Waals surface area contributed by atoms with Crippen LogP contribution in [0, 0.1) is 0 Å². The molecule has 7 heavy (non-hydrogen) atoms. The van der Waals surface area contributed by atoms with Crippen LogP contribution in [0.25, 0.3) is 0 Å². The summed E-state index contributed by atoms with van der Waals surface area (Å²) in [6, 6.07) is 0. The monoisotopic (exact) mass is 100 g/mol. The van der Waals surface area contributed by atoms with Crippen LogP contribution in [-0.2, 0) is 4.74 Å². The molecule has 0 aliphatic carbocycles. The summed E-state index contributed by atoms with van der Waals surface area (Å²) in [5.41, 5.74) is 0. The van der Waals surface area contributed by atoms with Crippen molar-refractivity contribution < 1.29 is 4.74 Å². The lowest BCUT2D eigenvalue weighted by Crippen LogP contribution is -1.75. The first-order valence-corrected chi connectivity index (χ1v) is 1.75. The Bertz CT molecular complexity index is 40.1. The van der Waals surface area contributed by atoms with E-state index in [-0.39, 0.29) is 7.43 Å². The van der Waals surface area contributed by atoms with Crippen molar-refractivity contribution in [2.75, 3.05) is 6.61 Å². The van der Waals surface area contributed by atoms with E-state index in [0.717, 1.165) is 0 Å². The molecule has 0 aliphatic rings. The largest absolute Gasteiger partial charge is 0.498 e. The molecule has 0 spiro atoms. The van der Waals surface area contributed by atoms with Crippen LogP contribution >= 0.6 is 0 Å². The van der Waals surface area contributed by atoms with Gasteiger partial charge < -0.3 is 4.74 Å². The molecular formula is C6H12O. The normalized spacial score (nSPS) is 5.71. The Kier molecular flexibility index (Phi) is 12.3. The SMILES string of the molecule is C.C=CCOC=C. The molecule has 0 amide bonds. The molecular weight excluding hydrogens is 88.1 g/mol. The number of rotatable bonds is 3. The highest BCUT2D eigenvalue weighted by Crippen LogP contribution is 1.69. The van der Waals surface area contributed by atoms with E-state index in [0.29, 0.717) is 6.61 Å². The standard InChI is InChI=1S/C5H8O.CH4/c1-3-5-6-4-2;/h3-4H,1-2,5H2;1H4. The molecule has 0 radical (unpaired) electrons. The zero-order chi connectivity index (χ0) is 4.83. The van der Waals surface area contributed by atoms with Gasteiger partial charge in [0.25, 0.3) is 0 Å². The molecule has 0 aromatic rings. The van der Waals surface area contributed by atoms with Crippen LogP contribution in [0.2, 0.25) is 0 Å². The van der Waals surface area contributed by atoms with Crippen molar-refractivity contribution in [3.05, 3.63) is 25.5 Å². The zero-order valence-corrected chi connectivity index (χ0v) is 3.68. The van der Waals surface area contributed by atoms with E-state index in [1.54, 1.807) is 6.08 Å². The summed E-state index contributed by atoms with van der Waals surface area (Å²) in [7, 11) is 0. The number of ether oxygens (including phenoxy) is 1. The van der Waals surface area contributed by atoms with Crippen molar-refractivity contribution in [2.24, 2.45) is 0 Å². The molecule has 0 rings (SSSR count). The Morgan fingerprint density at radius 2 is 2.00 bits per heavy atom. The van der Waals surface area contributed by atoms with Gasteiger partial charge in [-0.1, -0.05) is 26.7 Å². The van der Waals surface area contributed by atoms with Crippen LogP contribution in [0.3, 0.4) is 0 Å². The van der Waals surface area contributed by atoms with Gasteiger partial charge >= 0.3 is 0 Å². The fourth-order valence-corrected chi connectivity index (χ4v) is 0.136. The van der Waals surface area contributed by atoms with Gasteiger partial charge in [-0.25, -0.2) is 0 Å². The molecule has 0 fully saturated rings. The highest BCUT2D eigenvalue weighted by molar-refractivity contribution is 4.65. The molecule has 0 saturated heterocycles. The molecule has 0 aromatic heterocycles. The number of hydrogen-bond acceptors (Lipinski definition) is 1. The van der Waals surface area contributed by atoms with Gasteiger partial charge in [0, 0.05) is 0 Å². The fourth-order valence-electron chi connectivity index (χ4n) is 0.136. The van der Waals surface area contributed by atoms with Gasteiger partial charge in [0.05, 0.1) is 6.26 Å². The van der Waals surface area contributed by atoms with E-state index >= 15 is 0 Å². The van der Waals surface area contributed by atoms with Crippen LogP contribution in [0.5, 0.6) is 0 Å². The second-order valence-corrected chi connectivity index (χ2v) is 0.789. The first-order chi connectivity index (χ1) is 2.91. The Labute approximate surface area is 45.3 Å². The van der Waals surface area contributed by atoms with E-state index < -0.39 is 0 Å². The van der Waals surface area contributed by atoms with Gasteiger partial charge in [0.15, 0.2) is 0 Å². The molecule has 0 N–H and O–H groups in total. The lowest BCUT2D eigenvalue weighted by atomic mass is 10.7. The first kappa shape index (κ1) is 9.56. The van der Waals surface area contributed by atoms with E-state index in [1.165, 1.54) is 6.26 Å². The van der Waals surface area contributed by atoms with Crippen LogP contribution < -0.4 is 0 Å². The molecule has 42 valence electrons. The molecule has 0 saturated carbocycles. The lowest BCUT2D eigenvalue weighted by molar-refractivity contribution is 0.291. The predicted molar refractivity (Wildman–Crippen MR) is 33.1 cm³/mol. The molecule has 0 heterocycles. The Hall–Kier alpha value is -0.720. The summed E-state index contributed by atoms with van der Waals surface area (Å²) in [6.07, 6.45) is 3.06. The van der Waals surface area contributed by atoms with Gasteiger partial charge in [-0.15, -0.1) is 0 Å². The van der Waals surface area contributed by atoms with Crippen LogP contribution in [0.1, 0.15) is 7.43 Å². The van der Waals surface area contributed by atoms with Crippen molar-refractivity contribution in [2.45, 2.75) is 7.43 Å². The summed E-state index contributed by atoms with van der Waals surface area (Å²) in [4.78, 5) is 0. The van der Waals surface area contributed by atoms with Crippen LogP contribution in [0.15, 0.2) is 25.5 Å². The zero-order valence-electron chi connectivity index (χ0n) is 3.68. The van der Waals surface area contributed by atoms with Crippen molar-refractivity contribution >= 4 is 0 Å². The van der Waals surface area contributed by atoms with Crippen LogP contribution in [0.4, 0.5) is 0 Å². The van der Waals surface area contributed by atoms with Gasteiger partial charge in [0.2, 0.25) is 0 Å². The Balaban J connectivity index is 0. The van der Waals surface area contributed by atoms with Gasteiger partial charge in [0.1, 0.15) is 6.61 Å². The average molecular weight is 100 g/mol. The maximum Gasteiger partial charge on any atom is 0.105 e. The Morgan fingerprint density at radius 1 is 1.43 bits per heavy atom. The third-order valence-corrected chi connectivity index (χ3v) is 0.332. The topological polar surface area (TPSA) is 9.23 Å². The van der Waals surface area contributed by atoms with Gasteiger partial charge in [-0.3, -0.25) is 0 Å². The third kappa shape index (κ3) is 10.9. The van der Waals surface area contributed by atoms with Crippen molar-refractivity contribution in [1.82, 2.24) is 0 Å². The fraction of sp³-hybridized carbons (Fsp3) is 0.333. The Morgan fingerprint density at radius 3 is 2.14 bits per heavy atom. The summed E-state index contributed by atoms with van der Waals surface area (Å²) >= 11 is 0. The maximum absolute atomic E-state index is 4.63. The van der Waals surface area contributed by atoms with E-state index in [1.807, 2.05) is 0 Å².